The summed E-state index contributed by atoms with van der Waals surface area (Å²) in [7, 11) is 0. The van der Waals surface area contributed by atoms with Crippen LogP contribution in [-0.4, -0.2) is 22.6 Å². The second kappa shape index (κ2) is 4.66. The van der Waals surface area contributed by atoms with Gasteiger partial charge >= 0.3 is 5.97 Å². The summed E-state index contributed by atoms with van der Waals surface area (Å²) in [5.74, 6) is -0.0391. The van der Waals surface area contributed by atoms with Crippen molar-refractivity contribution in [1.82, 2.24) is 4.98 Å². The van der Waals surface area contributed by atoms with Crippen LogP contribution in [-0.2, 0) is 13.0 Å². The number of nitrogens with zero attached hydrogens (tertiary/aromatic N) is 2. The van der Waals surface area contributed by atoms with Gasteiger partial charge in [0.25, 0.3) is 0 Å². The van der Waals surface area contributed by atoms with Gasteiger partial charge in [-0.05, 0) is 42.0 Å². The van der Waals surface area contributed by atoms with Gasteiger partial charge in [0.15, 0.2) is 0 Å². The van der Waals surface area contributed by atoms with Gasteiger partial charge in [0.2, 0.25) is 0 Å². The molecule has 0 saturated carbocycles. The van der Waals surface area contributed by atoms with E-state index in [-0.39, 0.29) is 5.56 Å². The minimum atomic E-state index is -0.930. The van der Waals surface area contributed by atoms with Crippen LogP contribution in [0, 0.1) is 6.92 Å². The summed E-state index contributed by atoms with van der Waals surface area (Å²) in [5, 5.41) is 11.1. The molecule has 0 saturated heterocycles. The summed E-state index contributed by atoms with van der Waals surface area (Å²) in [5.41, 5.74) is 2.52. The zero-order valence-corrected chi connectivity index (χ0v) is 11.4. The SMILES string of the molecule is Cc1cc(C(=O)O)cnc1N1CCc2sccc2C1. The number of aromatic nitrogens is 1. The number of fused-ring (bicyclic) bond motifs is 1. The molecule has 1 aliphatic heterocycles. The summed E-state index contributed by atoms with van der Waals surface area (Å²) in [6.45, 7) is 3.71. The van der Waals surface area contributed by atoms with Crippen molar-refractivity contribution in [2.24, 2.45) is 0 Å². The molecule has 0 atom stereocenters. The van der Waals surface area contributed by atoms with Gasteiger partial charge in [-0.25, -0.2) is 9.78 Å². The molecule has 2 aromatic rings. The Kier molecular flexibility index (Phi) is 2.98. The first-order valence-corrected chi connectivity index (χ1v) is 7.03. The number of aryl methyl sites for hydroxylation is 1. The number of rotatable bonds is 2. The molecule has 0 bridgehead atoms. The fourth-order valence-electron chi connectivity index (χ4n) is 2.44. The van der Waals surface area contributed by atoms with Gasteiger partial charge in [-0.3, -0.25) is 0 Å². The molecule has 19 heavy (non-hydrogen) atoms. The number of pyridine rings is 1. The molecule has 0 amide bonds. The minimum Gasteiger partial charge on any atom is -0.478 e. The molecule has 0 unspecified atom stereocenters. The lowest BCUT2D eigenvalue weighted by Gasteiger charge is -2.29. The fraction of sp³-hybridized carbons (Fsp3) is 0.286. The normalized spacial score (nSPS) is 14.3. The number of hydrogen-bond donors (Lipinski definition) is 1. The number of aromatic carboxylic acids is 1. The van der Waals surface area contributed by atoms with Crippen molar-refractivity contribution in [1.29, 1.82) is 0 Å². The van der Waals surface area contributed by atoms with E-state index < -0.39 is 5.97 Å². The topological polar surface area (TPSA) is 53.4 Å². The van der Waals surface area contributed by atoms with Gasteiger partial charge in [0, 0.05) is 24.2 Å². The molecule has 1 N–H and O–H groups in total. The van der Waals surface area contributed by atoms with E-state index in [1.54, 1.807) is 6.07 Å². The molecule has 0 fully saturated rings. The maximum Gasteiger partial charge on any atom is 0.337 e. The predicted octanol–water partition coefficient (Wildman–Crippen LogP) is 2.71. The monoisotopic (exact) mass is 274 g/mol. The first-order valence-electron chi connectivity index (χ1n) is 6.15. The van der Waals surface area contributed by atoms with E-state index in [1.165, 1.54) is 16.6 Å². The number of hydrogen-bond acceptors (Lipinski definition) is 4. The number of carbonyl (C=O) groups is 1. The van der Waals surface area contributed by atoms with Gasteiger partial charge < -0.3 is 10.0 Å². The third-order valence-corrected chi connectivity index (χ3v) is 4.43. The van der Waals surface area contributed by atoms with Crippen LogP contribution in [0.25, 0.3) is 0 Å². The first kappa shape index (κ1) is 12.2. The van der Waals surface area contributed by atoms with Crippen molar-refractivity contribution in [3.63, 3.8) is 0 Å². The smallest absolute Gasteiger partial charge is 0.337 e. The summed E-state index contributed by atoms with van der Waals surface area (Å²) in [6.07, 6.45) is 2.47. The molecular weight excluding hydrogens is 260 g/mol. The Labute approximate surface area is 115 Å². The fourth-order valence-corrected chi connectivity index (χ4v) is 3.33. The molecule has 3 rings (SSSR count). The highest BCUT2D eigenvalue weighted by atomic mass is 32.1. The summed E-state index contributed by atoms with van der Waals surface area (Å²) in [4.78, 5) is 18.9. The van der Waals surface area contributed by atoms with Gasteiger partial charge in [0.05, 0.1) is 5.56 Å². The van der Waals surface area contributed by atoms with E-state index in [4.69, 9.17) is 5.11 Å². The molecular formula is C14H14N2O2S. The summed E-state index contributed by atoms with van der Waals surface area (Å²) in [6, 6.07) is 3.85. The van der Waals surface area contributed by atoms with Crippen LogP contribution in [0.3, 0.4) is 0 Å². The third kappa shape index (κ3) is 2.21. The van der Waals surface area contributed by atoms with E-state index in [9.17, 15) is 4.79 Å². The van der Waals surface area contributed by atoms with Crippen molar-refractivity contribution in [3.05, 3.63) is 45.3 Å². The zero-order valence-electron chi connectivity index (χ0n) is 10.6. The Morgan fingerprint density at radius 1 is 1.53 bits per heavy atom. The standard InChI is InChI=1S/C14H14N2O2S/c1-9-6-11(14(17)18)7-15-13(9)16-4-2-12-10(8-16)3-5-19-12/h3,5-7H,2,4,8H2,1H3,(H,17,18). The quantitative estimate of drug-likeness (QED) is 0.915. The number of thiophene rings is 1. The predicted molar refractivity (Wildman–Crippen MR) is 75.0 cm³/mol. The van der Waals surface area contributed by atoms with Crippen molar-refractivity contribution < 1.29 is 9.90 Å². The molecule has 0 spiro atoms. The molecule has 0 radical (unpaired) electrons. The summed E-state index contributed by atoms with van der Waals surface area (Å²) >= 11 is 1.81. The van der Waals surface area contributed by atoms with Gasteiger partial charge in [-0.2, -0.15) is 0 Å². The molecule has 4 nitrogen and oxygen atoms in total. The number of carboxylic acid groups (broad SMARTS) is 1. The second-order valence-electron chi connectivity index (χ2n) is 4.71. The Balaban J connectivity index is 1.90. The number of carboxylic acids is 1. The lowest BCUT2D eigenvalue weighted by Crippen LogP contribution is -2.30. The molecule has 98 valence electrons. The van der Waals surface area contributed by atoms with Crippen LogP contribution in [0.4, 0.5) is 5.82 Å². The molecule has 0 aromatic carbocycles. The van der Waals surface area contributed by atoms with Gasteiger partial charge in [-0.15, -0.1) is 11.3 Å². The average molecular weight is 274 g/mol. The van der Waals surface area contributed by atoms with Crippen LogP contribution in [0.5, 0.6) is 0 Å². The summed E-state index contributed by atoms with van der Waals surface area (Å²) < 4.78 is 0. The lowest BCUT2D eigenvalue weighted by molar-refractivity contribution is 0.0696. The van der Waals surface area contributed by atoms with Crippen LogP contribution in [0.2, 0.25) is 0 Å². The minimum absolute atomic E-state index is 0.245. The Morgan fingerprint density at radius 2 is 2.37 bits per heavy atom. The molecule has 2 aromatic heterocycles. The highest BCUT2D eigenvalue weighted by molar-refractivity contribution is 7.10. The molecule has 1 aliphatic rings. The Hall–Kier alpha value is -1.88. The highest BCUT2D eigenvalue weighted by Gasteiger charge is 2.20. The van der Waals surface area contributed by atoms with E-state index in [1.807, 2.05) is 18.3 Å². The van der Waals surface area contributed by atoms with E-state index >= 15 is 0 Å². The van der Waals surface area contributed by atoms with Crippen LogP contribution < -0.4 is 4.90 Å². The van der Waals surface area contributed by atoms with Gasteiger partial charge in [0.1, 0.15) is 5.82 Å². The zero-order chi connectivity index (χ0) is 13.4. The highest BCUT2D eigenvalue weighted by Crippen LogP contribution is 2.28. The molecule has 5 heteroatoms. The van der Waals surface area contributed by atoms with Crippen molar-refractivity contribution in [2.45, 2.75) is 19.9 Å². The Morgan fingerprint density at radius 3 is 3.11 bits per heavy atom. The van der Waals surface area contributed by atoms with E-state index in [2.05, 4.69) is 21.3 Å². The van der Waals surface area contributed by atoms with Gasteiger partial charge in [-0.1, -0.05) is 0 Å². The first-order chi connectivity index (χ1) is 9.15. The largest absolute Gasteiger partial charge is 0.478 e. The van der Waals surface area contributed by atoms with E-state index in [0.29, 0.717) is 0 Å². The molecule has 0 aliphatic carbocycles. The van der Waals surface area contributed by atoms with Crippen molar-refractivity contribution in [2.75, 3.05) is 11.4 Å². The second-order valence-corrected chi connectivity index (χ2v) is 5.71. The number of anilines is 1. The van der Waals surface area contributed by atoms with Crippen LogP contribution in [0.1, 0.15) is 26.4 Å². The average Bonchev–Trinajstić information content (AvgIpc) is 2.85. The van der Waals surface area contributed by atoms with Crippen molar-refractivity contribution >= 4 is 23.1 Å². The Bertz CT molecular complexity index is 636. The lowest BCUT2D eigenvalue weighted by atomic mass is 10.1. The van der Waals surface area contributed by atoms with Crippen LogP contribution in [0.15, 0.2) is 23.7 Å². The van der Waals surface area contributed by atoms with Crippen molar-refractivity contribution in [3.8, 4) is 0 Å². The third-order valence-electron chi connectivity index (χ3n) is 3.40. The maximum absolute atomic E-state index is 10.9. The van der Waals surface area contributed by atoms with Crippen LogP contribution >= 0.6 is 11.3 Å². The van der Waals surface area contributed by atoms with E-state index in [0.717, 1.165) is 30.9 Å². The molecule has 3 heterocycles. The maximum atomic E-state index is 10.9.